The van der Waals surface area contributed by atoms with Gasteiger partial charge in [-0.25, -0.2) is 0 Å². The standard InChI is InChI=1S/C25H42/c1-13-10-18(17-11-14(17)2)20-21-19-15(3)12-23(19,7)25(21,9)24(20,8)22(5,6)16(13)4/h13-21H,10-12H2,1-9H3. The number of rotatable bonds is 1. The van der Waals surface area contributed by atoms with E-state index in [0.29, 0.717) is 21.7 Å². The smallest absolute Gasteiger partial charge is 0.0173 e. The Morgan fingerprint density at radius 3 is 1.72 bits per heavy atom. The molecule has 12 atom stereocenters. The van der Waals surface area contributed by atoms with Crippen LogP contribution in [0.4, 0.5) is 0 Å². The van der Waals surface area contributed by atoms with Crippen molar-refractivity contribution in [3.8, 4) is 0 Å². The molecule has 0 N–H and O–H groups in total. The Morgan fingerprint density at radius 2 is 1.20 bits per heavy atom. The molecule has 0 heterocycles. The number of hydrogen-bond donors (Lipinski definition) is 0. The van der Waals surface area contributed by atoms with Gasteiger partial charge in [0.2, 0.25) is 0 Å². The first-order valence-corrected chi connectivity index (χ1v) is 11.4. The highest BCUT2D eigenvalue weighted by molar-refractivity contribution is 5.37. The van der Waals surface area contributed by atoms with Crippen molar-refractivity contribution in [3.63, 3.8) is 0 Å². The van der Waals surface area contributed by atoms with E-state index >= 15 is 0 Å². The first-order valence-electron chi connectivity index (χ1n) is 11.4. The van der Waals surface area contributed by atoms with Gasteiger partial charge in [0.25, 0.3) is 0 Å². The van der Waals surface area contributed by atoms with Gasteiger partial charge in [-0.05, 0) is 94.2 Å². The lowest BCUT2D eigenvalue weighted by Crippen LogP contribution is -2.88. The Balaban J connectivity index is 1.65. The molecular weight excluding hydrogens is 300 g/mol. The minimum atomic E-state index is 0.460. The summed E-state index contributed by atoms with van der Waals surface area (Å²) in [4.78, 5) is 0. The fourth-order valence-corrected chi connectivity index (χ4v) is 10.6. The van der Waals surface area contributed by atoms with Crippen LogP contribution in [-0.4, -0.2) is 0 Å². The van der Waals surface area contributed by atoms with Crippen molar-refractivity contribution in [1.29, 1.82) is 0 Å². The minimum Gasteiger partial charge on any atom is -0.0622 e. The quantitative estimate of drug-likeness (QED) is 0.486. The van der Waals surface area contributed by atoms with Crippen LogP contribution in [0.3, 0.4) is 0 Å². The van der Waals surface area contributed by atoms with Gasteiger partial charge in [-0.1, -0.05) is 62.3 Å². The maximum atomic E-state index is 2.77. The van der Waals surface area contributed by atoms with Crippen molar-refractivity contribution in [1.82, 2.24) is 0 Å². The lowest BCUT2D eigenvalue weighted by molar-refractivity contribution is -0.459. The van der Waals surface area contributed by atoms with E-state index in [-0.39, 0.29) is 0 Å². The van der Waals surface area contributed by atoms with Crippen LogP contribution in [0, 0.1) is 74.9 Å². The van der Waals surface area contributed by atoms with Gasteiger partial charge in [-0.2, -0.15) is 0 Å². The zero-order valence-corrected chi connectivity index (χ0v) is 18.3. The molecule has 12 unspecified atom stereocenters. The average Bonchev–Trinajstić information content (AvgIpc) is 3.26. The Bertz CT molecular complexity index is 616. The Kier molecular flexibility index (Phi) is 2.98. The predicted octanol–water partition coefficient (Wildman–Crippen LogP) is 6.90. The summed E-state index contributed by atoms with van der Waals surface area (Å²) >= 11 is 0. The summed E-state index contributed by atoms with van der Waals surface area (Å²) in [6, 6.07) is 0. The summed E-state index contributed by atoms with van der Waals surface area (Å²) in [7, 11) is 0. The Hall–Kier alpha value is 0. The zero-order valence-electron chi connectivity index (χ0n) is 18.3. The topological polar surface area (TPSA) is 0 Å². The predicted molar refractivity (Wildman–Crippen MR) is 106 cm³/mol. The average molecular weight is 343 g/mol. The van der Waals surface area contributed by atoms with E-state index in [9.17, 15) is 0 Å². The fraction of sp³-hybridized carbons (Fsp3) is 1.00. The third-order valence-electron chi connectivity index (χ3n) is 12.6. The minimum absolute atomic E-state index is 0.460. The molecule has 0 aromatic heterocycles. The molecule has 0 radical (unpaired) electrons. The monoisotopic (exact) mass is 342 g/mol. The first-order chi connectivity index (χ1) is 11.4. The molecule has 0 saturated heterocycles. The van der Waals surface area contributed by atoms with Gasteiger partial charge in [0, 0.05) is 0 Å². The van der Waals surface area contributed by atoms with Crippen molar-refractivity contribution >= 4 is 0 Å². The van der Waals surface area contributed by atoms with Crippen LogP contribution in [0.2, 0.25) is 0 Å². The molecular formula is C25H42. The molecule has 0 aromatic rings. The van der Waals surface area contributed by atoms with E-state index in [1.165, 1.54) is 19.3 Å². The van der Waals surface area contributed by atoms with Gasteiger partial charge in [0.15, 0.2) is 0 Å². The summed E-state index contributed by atoms with van der Waals surface area (Å²) < 4.78 is 0. The van der Waals surface area contributed by atoms with E-state index in [1.807, 2.05) is 0 Å². The molecule has 25 heavy (non-hydrogen) atoms. The fourth-order valence-electron chi connectivity index (χ4n) is 10.6. The number of fused-ring (bicyclic) bond motifs is 7. The van der Waals surface area contributed by atoms with Crippen molar-refractivity contribution in [2.75, 3.05) is 0 Å². The van der Waals surface area contributed by atoms with Crippen LogP contribution in [0.5, 0.6) is 0 Å². The summed E-state index contributed by atoms with van der Waals surface area (Å²) in [5.74, 6) is 8.91. The second kappa shape index (κ2) is 4.35. The van der Waals surface area contributed by atoms with E-state index in [1.54, 1.807) is 0 Å². The summed E-state index contributed by atoms with van der Waals surface area (Å²) in [5, 5.41) is 0. The summed E-state index contributed by atoms with van der Waals surface area (Å²) in [6.45, 7) is 23.8. The van der Waals surface area contributed by atoms with Crippen molar-refractivity contribution in [3.05, 3.63) is 0 Å². The van der Waals surface area contributed by atoms with Crippen LogP contribution >= 0.6 is 0 Å². The molecule has 0 nitrogen and oxygen atoms in total. The highest BCUT2D eigenvalue weighted by atomic mass is 14.9. The van der Waals surface area contributed by atoms with Gasteiger partial charge in [0.1, 0.15) is 0 Å². The van der Waals surface area contributed by atoms with E-state index < -0.39 is 0 Å². The lowest BCUT2D eigenvalue weighted by Gasteiger charge is -2.93. The normalized spacial score (nSPS) is 69.7. The molecule has 0 amide bonds. The Labute approximate surface area is 156 Å². The third kappa shape index (κ3) is 1.43. The van der Waals surface area contributed by atoms with Crippen molar-refractivity contribution in [2.24, 2.45) is 74.9 Å². The Morgan fingerprint density at radius 1 is 0.600 bits per heavy atom. The van der Waals surface area contributed by atoms with Gasteiger partial charge >= 0.3 is 0 Å². The van der Waals surface area contributed by atoms with Crippen LogP contribution in [0.1, 0.15) is 81.6 Å². The van der Waals surface area contributed by atoms with Gasteiger partial charge < -0.3 is 0 Å². The van der Waals surface area contributed by atoms with Crippen molar-refractivity contribution < 1.29 is 0 Å². The molecule has 0 heteroatoms. The van der Waals surface area contributed by atoms with Gasteiger partial charge in [-0.3, -0.25) is 0 Å². The van der Waals surface area contributed by atoms with Crippen LogP contribution < -0.4 is 0 Å². The molecule has 0 aliphatic heterocycles. The molecule has 0 aromatic carbocycles. The van der Waals surface area contributed by atoms with Crippen LogP contribution in [0.15, 0.2) is 0 Å². The van der Waals surface area contributed by atoms with Crippen molar-refractivity contribution in [2.45, 2.75) is 81.6 Å². The second-order valence-corrected chi connectivity index (χ2v) is 12.8. The van der Waals surface area contributed by atoms with Gasteiger partial charge in [-0.15, -0.1) is 0 Å². The molecule has 142 valence electrons. The van der Waals surface area contributed by atoms with Crippen LogP contribution in [0.25, 0.3) is 0 Å². The lowest BCUT2D eigenvalue weighted by atomic mass is 9.11. The molecule has 5 aliphatic carbocycles. The van der Waals surface area contributed by atoms with Gasteiger partial charge in [0.05, 0.1) is 0 Å². The van der Waals surface area contributed by atoms with Crippen LogP contribution in [-0.2, 0) is 0 Å². The zero-order chi connectivity index (χ0) is 18.3. The molecule has 5 aliphatic rings. The van der Waals surface area contributed by atoms with E-state index in [4.69, 9.17) is 0 Å². The molecule has 0 spiro atoms. The largest absolute Gasteiger partial charge is 0.0622 e. The maximum absolute atomic E-state index is 2.77. The molecule has 5 saturated carbocycles. The van der Waals surface area contributed by atoms with E-state index in [2.05, 4.69) is 62.3 Å². The SMILES string of the molecule is CC1CC1C1CC(C)C(C)C(C)(C)C2(C)C1C1C3C(C)CC3(C)C12C. The molecule has 5 fully saturated rings. The molecule has 0 bridgehead atoms. The van der Waals surface area contributed by atoms with E-state index in [0.717, 1.165) is 53.3 Å². The second-order valence-electron chi connectivity index (χ2n) is 12.8. The summed E-state index contributed by atoms with van der Waals surface area (Å²) in [5.41, 5.74) is 2.24. The highest BCUT2D eigenvalue weighted by Crippen LogP contribution is 2.94. The maximum Gasteiger partial charge on any atom is -0.0173 e. The number of hydrogen-bond acceptors (Lipinski definition) is 0. The third-order valence-corrected chi connectivity index (χ3v) is 12.6. The first kappa shape index (κ1) is 17.1. The highest BCUT2D eigenvalue weighted by Gasteiger charge is 2.90. The molecule has 5 rings (SSSR count). The summed E-state index contributed by atoms with van der Waals surface area (Å²) in [6.07, 6.45) is 4.54.